The highest BCUT2D eigenvalue weighted by molar-refractivity contribution is 6.33. The number of H-pyrrole nitrogens is 2. The Labute approximate surface area is 390 Å². The van der Waals surface area contributed by atoms with Gasteiger partial charge in [0.1, 0.15) is 34.3 Å². The number of aryl methyl sites for hydroxylation is 6. The van der Waals surface area contributed by atoms with Crippen LogP contribution >= 0.6 is 11.6 Å². The Morgan fingerprint density at radius 3 is 1.60 bits per heavy atom. The minimum Gasteiger partial charge on any atom is -0.358 e. The molecule has 16 nitrogen and oxygen atoms in total. The molecular weight excluding hydrogens is 864 g/mol. The lowest BCUT2D eigenvalue weighted by Gasteiger charge is -2.23. The second-order valence-electron chi connectivity index (χ2n) is 16.2. The lowest BCUT2D eigenvalue weighted by atomic mass is 10.1. The summed E-state index contributed by atoms with van der Waals surface area (Å²) >= 11 is 5.78. The second-order valence-corrected chi connectivity index (χ2v) is 16.6. The van der Waals surface area contributed by atoms with Gasteiger partial charge in [-0.2, -0.15) is 0 Å². The molecule has 6 heterocycles. The summed E-state index contributed by atoms with van der Waals surface area (Å²) in [5.41, 5.74) is 15.7. The third kappa shape index (κ3) is 9.13. The average Bonchev–Trinajstić information content (AvgIpc) is 3.99. The molecule has 5 N–H and O–H groups in total. The molecule has 0 bridgehead atoms. The maximum absolute atomic E-state index is 13.9. The van der Waals surface area contributed by atoms with E-state index in [1.165, 1.54) is 0 Å². The van der Waals surface area contributed by atoms with Gasteiger partial charge in [-0.1, -0.05) is 86.1 Å². The number of halogens is 1. The normalized spacial score (nSPS) is 12.1. The van der Waals surface area contributed by atoms with Crippen LogP contribution in [0.2, 0.25) is 5.15 Å². The number of benzene rings is 4. The number of hydrogen-bond donors (Lipinski definition) is 4. The number of nitrogens with one attached hydrogen (secondary N) is 3. The molecule has 0 fully saturated rings. The van der Waals surface area contributed by atoms with E-state index in [0.717, 1.165) is 45.6 Å². The zero-order valence-electron chi connectivity index (χ0n) is 38.6. The molecule has 0 saturated carbocycles. The van der Waals surface area contributed by atoms with Crippen molar-refractivity contribution in [2.75, 3.05) is 5.32 Å². The van der Waals surface area contributed by atoms with Crippen molar-refractivity contribution in [3.63, 3.8) is 0 Å². The Morgan fingerprint density at radius 1 is 0.582 bits per heavy atom. The highest BCUT2D eigenvalue weighted by atomic mass is 35.5. The van der Waals surface area contributed by atoms with Gasteiger partial charge in [0.15, 0.2) is 22.3 Å². The summed E-state index contributed by atoms with van der Waals surface area (Å²) in [4.78, 5) is 68.0. The number of fused-ring (bicyclic) bond motifs is 4. The summed E-state index contributed by atoms with van der Waals surface area (Å²) in [6.07, 6.45) is 4.56. The maximum atomic E-state index is 13.9. The molecule has 10 aromatic rings. The highest BCUT2D eigenvalue weighted by Crippen LogP contribution is 2.28. The van der Waals surface area contributed by atoms with Gasteiger partial charge in [-0.05, 0) is 101 Å². The number of para-hydroxylation sites is 2. The van der Waals surface area contributed by atoms with Crippen LogP contribution in [-0.4, -0.2) is 59.0 Å². The number of imidazole rings is 2. The van der Waals surface area contributed by atoms with E-state index in [2.05, 4.69) is 52.1 Å². The first-order chi connectivity index (χ1) is 32.3. The van der Waals surface area contributed by atoms with E-state index in [1.54, 1.807) is 28.7 Å². The lowest BCUT2D eigenvalue weighted by molar-refractivity contribution is 0.622. The van der Waals surface area contributed by atoms with Crippen LogP contribution in [0, 0.1) is 41.5 Å². The molecule has 4 aromatic carbocycles. The van der Waals surface area contributed by atoms with Crippen molar-refractivity contribution < 1.29 is 0 Å². The number of hydrogen-bond acceptors (Lipinski definition) is 12. The van der Waals surface area contributed by atoms with Crippen molar-refractivity contribution in [2.45, 2.75) is 80.3 Å². The molecular formula is C50H51ClN14O2. The molecule has 0 aliphatic heterocycles. The van der Waals surface area contributed by atoms with Crippen LogP contribution in [0.4, 0.5) is 5.82 Å². The third-order valence-corrected chi connectivity index (χ3v) is 11.8. The van der Waals surface area contributed by atoms with Crippen LogP contribution in [0.5, 0.6) is 0 Å². The van der Waals surface area contributed by atoms with Gasteiger partial charge in [-0.15, -0.1) is 0 Å². The maximum Gasteiger partial charge on any atom is 0.266 e. The highest BCUT2D eigenvalue weighted by Gasteiger charge is 2.24. The lowest BCUT2D eigenvalue weighted by Crippen LogP contribution is -2.29. The van der Waals surface area contributed by atoms with Gasteiger partial charge in [-0.3, -0.25) is 18.7 Å². The minimum atomic E-state index is -0.285. The Balaban J connectivity index is 0.000000154. The second kappa shape index (κ2) is 19.4. The van der Waals surface area contributed by atoms with Gasteiger partial charge < -0.3 is 21.0 Å². The minimum absolute atomic E-state index is 0.0544. The molecule has 67 heavy (non-hydrogen) atoms. The summed E-state index contributed by atoms with van der Waals surface area (Å²) < 4.78 is 3.42. The van der Waals surface area contributed by atoms with E-state index in [4.69, 9.17) is 27.3 Å². The monoisotopic (exact) mass is 914 g/mol. The summed E-state index contributed by atoms with van der Waals surface area (Å²) in [7, 11) is 0. The zero-order valence-corrected chi connectivity index (χ0v) is 39.3. The summed E-state index contributed by atoms with van der Waals surface area (Å²) in [6.45, 7) is 15.5. The summed E-state index contributed by atoms with van der Waals surface area (Å²) in [6, 6.07) is 26.6. The zero-order chi connectivity index (χ0) is 47.5. The largest absolute Gasteiger partial charge is 0.358 e. The Kier molecular flexibility index (Phi) is 13.3. The van der Waals surface area contributed by atoms with Crippen molar-refractivity contribution in [2.24, 2.45) is 5.73 Å². The molecule has 0 amide bonds. The van der Waals surface area contributed by atoms with Crippen molar-refractivity contribution in [3.8, 4) is 11.4 Å². The number of aromatic amines is 2. The molecule has 17 heteroatoms. The fourth-order valence-electron chi connectivity index (χ4n) is 8.05. The standard InChI is InChI=1S/C25H25N7O.C19H21N3O.C6H5ClN4/c1-5-17(30-23-21-22(27-13-26-21)28-16(4)29-23)24-31-18-11-8-10-15(3)20(18)25(33)32(24)19-12-7-6-9-14(19)2;1-4-14(20)18-21-15-10-7-9-13(3)17(15)19(23)22(18)16-11-6-5-8-12(16)2;1-3-10-5(7)4-6(11-3)9-2-8-4/h6-13,17H,5H2,1-4H3,(H2,26,27,28,29,30);5-11,14H,4,20H2,1-3H3;2H,1H3,(H,8,9,10,11). The van der Waals surface area contributed by atoms with Crippen LogP contribution in [0.1, 0.15) is 84.3 Å². The van der Waals surface area contributed by atoms with Crippen LogP contribution in [0.25, 0.3) is 55.5 Å². The van der Waals surface area contributed by atoms with Crippen molar-refractivity contribution in [1.29, 1.82) is 0 Å². The number of aromatic nitrogens is 12. The van der Waals surface area contributed by atoms with Crippen LogP contribution < -0.4 is 22.2 Å². The average molecular weight is 916 g/mol. The predicted molar refractivity (Wildman–Crippen MR) is 265 cm³/mol. The van der Waals surface area contributed by atoms with Gasteiger partial charge in [0.2, 0.25) is 0 Å². The first-order valence-electron chi connectivity index (χ1n) is 22.0. The molecule has 0 saturated heterocycles. The van der Waals surface area contributed by atoms with E-state index in [-0.39, 0.29) is 23.2 Å². The van der Waals surface area contributed by atoms with Gasteiger partial charge in [0, 0.05) is 0 Å². The predicted octanol–water partition coefficient (Wildman–Crippen LogP) is 9.27. The molecule has 10 rings (SSSR count). The number of nitrogens with zero attached hydrogens (tertiary/aromatic N) is 10. The van der Waals surface area contributed by atoms with Crippen molar-refractivity contribution in [3.05, 3.63) is 169 Å². The number of nitrogens with two attached hydrogens (primary N) is 1. The third-order valence-electron chi connectivity index (χ3n) is 11.5. The molecule has 6 aromatic heterocycles. The molecule has 0 aliphatic rings. The quantitative estimate of drug-likeness (QED) is 0.105. The number of anilines is 1. The Morgan fingerprint density at radius 2 is 1.06 bits per heavy atom. The van der Waals surface area contributed by atoms with Gasteiger partial charge in [-0.25, -0.2) is 39.9 Å². The van der Waals surface area contributed by atoms with E-state index in [1.807, 2.05) is 126 Å². The van der Waals surface area contributed by atoms with Gasteiger partial charge in [0.25, 0.3) is 11.1 Å². The van der Waals surface area contributed by atoms with Crippen LogP contribution in [0.3, 0.4) is 0 Å². The topological polar surface area (TPSA) is 217 Å². The molecule has 0 spiro atoms. The fourth-order valence-corrected chi connectivity index (χ4v) is 8.31. The first kappa shape index (κ1) is 45.9. The molecule has 2 atom stereocenters. The van der Waals surface area contributed by atoms with E-state index < -0.39 is 0 Å². The van der Waals surface area contributed by atoms with Crippen LogP contribution in [0.15, 0.2) is 107 Å². The Hall–Kier alpha value is -7.69. The van der Waals surface area contributed by atoms with Crippen molar-refractivity contribution >= 4 is 61.6 Å². The summed E-state index contributed by atoms with van der Waals surface area (Å²) in [5.74, 6) is 3.14. The molecule has 0 radical (unpaired) electrons. The molecule has 2 unspecified atom stereocenters. The number of rotatable bonds is 8. The molecule has 0 aliphatic carbocycles. The smallest absolute Gasteiger partial charge is 0.266 e. The molecule has 340 valence electrons. The summed E-state index contributed by atoms with van der Waals surface area (Å²) in [5, 5.41) is 5.22. The van der Waals surface area contributed by atoms with E-state index >= 15 is 0 Å². The van der Waals surface area contributed by atoms with Crippen LogP contribution in [-0.2, 0) is 0 Å². The van der Waals surface area contributed by atoms with Gasteiger partial charge >= 0.3 is 0 Å². The first-order valence-corrected chi connectivity index (χ1v) is 22.4. The SMILES string of the molecule is CCC(N)c1nc2cccc(C)c2c(=O)n1-c1ccccc1C.CCC(Nc1nc(C)nc2nc[nH]c12)c1nc2cccc(C)c2c(=O)n1-c1ccccc1C.Cc1nc(Cl)c2[nH]cnc2n1. The van der Waals surface area contributed by atoms with Crippen molar-refractivity contribution in [1.82, 2.24) is 59.0 Å². The van der Waals surface area contributed by atoms with E-state index in [9.17, 15) is 9.59 Å². The van der Waals surface area contributed by atoms with E-state index in [0.29, 0.717) is 79.3 Å². The Bertz CT molecular complexity index is 3560. The fraction of sp³-hybridized carbons (Fsp3) is 0.240. The van der Waals surface area contributed by atoms with Gasteiger partial charge in [0.05, 0.1) is 57.9 Å².